The summed E-state index contributed by atoms with van der Waals surface area (Å²) in [6.45, 7) is 0.542. The molecule has 8 heteroatoms. The molecule has 0 aromatic carbocycles. The second kappa shape index (κ2) is 8.72. The van der Waals surface area contributed by atoms with Gasteiger partial charge in [-0.1, -0.05) is 11.6 Å². The van der Waals surface area contributed by atoms with Gasteiger partial charge in [0.2, 0.25) is 17.6 Å². The smallest absolute Gasteiger partial charge is 0.303 e. The van der Waals surface area contributed by atoms with Crippen LogP contribution in [0.15, 0.2) is 27.3 Å². The van der Waals surface area contributed by atoms with Gasteiger partial charge in [0.15, 0.2) is 5.76 Å². The number of nitrogens with one attached hydrogen (secondary N) is 1. The SMILES string of the molecule is O=C(O)CCCCCNC(=O)CCc1nc(-c2ccco2)no1. The fourth-order valence-corrected chi connectivity index (χ4v) is 1.98. The summed E-state index contributed by atoms with van der Waals surface area (Å²) in [5.41, 5.74) is 0. The Labute approximate surface area is 132 Å². The predicted molar refractivity (Wildman–Crippen MR) is 79.4 cm³/mol. The summed E-state index contributed by atoms with van der Waals surface area (Å²) in [5, 5.41) is 15.1. The molecule has 0 fully saturated rings. The minimum atomic E-state index is -0.789. The third kappa shape index (κ3) is 5.93. The summed E-state index contributed by atoms with van der Waals surface area (Å²) >= 11 is 0. The van der Waals surface area contributed by atoms with Gasteiger partial charge in [0, 0.05) is 25.8 Å². The maximum Gasteiger partial charge on any atom is 0.303 e. The highest BCUT2D eigenvalue weighted by Gasteiger charge is 2.12. The van der Waals surface area contributed by atoms with Gasteiger partial charge in [-0.25, -0.2) is 0 Å². The molecule has 23 heavy (non-hydrogen) atoms. The zero-order valence-electron chi connectivity index (χ0n) is 12.7. The topological polar surface area (TPSA) is 118 Å². The molecule has 0 radical (unpaired) electrons. The average molecular weight is 321 g/mol. The Hall–Kier alpha value is -2.64. The molecule has 1 amide bonds. The van der Waals surface area contributed by atoms with Crippen LogP contribution < -0.4 is 5.32 Å². The molecule has 124 valence electrons. The van der Waals surface area contributed by atoms with E-state index in [0.29, 0.717) is 36.9 Å². The van der Waals surface area contributed by atoms with Crippen molar-refractivity contribution in [3.8, 4) is 11.6 Å². The number of carbonyl (C=O) groups is 2. The summed E-state index contributed by atoms with van der Waals surface area (Å²) in [4.78, 5) is 26.2. The number of carbonyl (C=O) groups excluding carboxylic acids is 1. The maximum atomic E-state index is 11.7. The Morgan fingerprint density at radius 2 is 2.09 bits per heavy atom. The van der Waals surface area contributed by atoms with Crippen LogP contribution in [-0.4, -0.2) is 33.7 Å². The minimum Gasteiger partial charge on any atom is -0.481 e. The average Bonchev–Trinajstić information content (AvgIpc) is 3.18. The number of rotatable bonds is 10. The van der Waals surface area contributed by atoms with Gasteiger partial charge in [0.25, 0.3) is 0 Å². The van der Waals surface area contributed by atoms with E-state index in [1.165, 1.54) is 6.26 Å². The van der Waals surface area contributed by atoms with Crippen molar-refractivity contribution in [2.75, 3.05) is 6.54 Å². The van der Waals surface area contributed by atoms with Crippen LogP contribution in [0.25, 0.3) is 11.6 Å². The molecule has 0 aliphatic carbocycles. The third-order valence-corrected chi connectivity index (χ3v) is 3.17. The summed E-state index contributed by atoms with van der Waals surface area (Å²) < 4.78 is 10.2. The standard InChI is InChI=1S/C15H19N3O5/c19-12(16-9-3-1-2-6-14(20)21)7-8-13-17-15(18-23-13)11-5-4-10-22-11/h4-5,10H,1-3,6-9H2,(H,16,19)(H,20,21). The Balaban J connectivity index is 1.60. The minimum absolute atomic E-state index is 0.0963. The first kappa shape index (κ1) is 16.7. The van der Waals surface area contributed by atoms with Crippen LogP contribution in [0.3, 0.4) is 0 Å². The number of furan rings is 1. The molecular weight excluding hydrogens is 302 g/mol. The van der Waals surface area contributed by atoms with Gasteiger partial charge in [-0.15, -0.1) is 0 Å². The second-order valence-electron chi connectivity index (χ2n) is 5.04. The van der Waals surface area contributed by atoms with E-state index in [2.05, 4.69) is 15.5 Å². The molecule has 0 bridgehead atoms. The lowest BCUT2D eigenvalue weighted by molar-refractivity contribution is -0.137. The number of hydrogen-bond donors (Lipinski definition) is 2. The van der Waals surface area contributed by atoms with Crippen molar-refractivity contribution < 1.29 is 23.6 Å². The molecule has 2 N–H and O–H groups in total. The first-order valence-electron chi connectivity index (χ1n) is 7.50. The summed E-state index contributed by atoms with van der Waals surface area (Å²) in [6, 6.07) is 3.46. The van der Waals surface area contributed by atoms with E-state index in [9.17, 15) is 9.59 Å². The van der Waals surface area contributed by atoms with E-state index in [1.807, 2.05) is 0 Å². The molecule has 2 aromatic heterocycles. The summed E-state index contributed by atoms with van der Waals surface area (Å²) in [6.07, 6.45) is 4.49. The zero-order valence-corrected chi connectivity index (χ0v) is 12.7. The molecule has 0 unspecified atom stereocenters. The third-order valence-electron chi connectivity index (χ3n) is 3.17. The van der Waals surface area contributed by atoms with Crippen molar-refractivity contribution in [3.05, 3.63) is 24.3 Å². The predicted octanol–water partition coefficient (Wildman–Crippen LogP) is 2.02. The van der Waals surface area contributed by atoms with Crippen LogP contribution in [0, 0.1) is 0 Å². The molecule has 0 saturated heterocycles. The first-order chi connectivity index (χ1) is 11.1. The first-order valence-corrected chi connectivity index (χ1v) is 7.50. The molecule has 2 aromatic rings. The van der Waals surface area contributed by atoms with Crippen LogP contribution in [-0.2, 0) is 16.0 Å². The van der Waals surface area contributed by atoms with Crippen molar-refractivity contribution >= 4 is 11.9 Å². The van der Waals surface area contributed by atoms with Gasteiger partial charge in [-0.2, -0.15) is 4.98 Å². The molecule has 8 nitrogen and oxygen atoms in total. The van der Waals surface area contributed by atoms with Crippen LogP contribution in [0.1, 0.15) is 38.0 Å². The van der Waals surface area contributed by atoms with Crippen LogP contribution in [0.2, 0.25) is 0 Å². The van der Waals surface area contributed by atoms with Crippen molar-refractivity contribution in [1.82, 2.24) is 15.5 Å². The number of nitrogens with zero attached hydrogens (tertiary/aromatic N) is 2. The molecular formula is C15H19N3O5. The van der Waals surface area contributed by atoms with E-state index in [4.69, 9.17) is 14.0 Å². The fourth-order valence-electron chi connectivity index (χ4n) is 1.98. The van der Waals surface area contributed by atoms with E-state index >= 15 is 0 Å². The molecule has 0 aliphatic heterocycles. The van der Waals surface area contributed by atoms with Crippen molar-refractivity contribution in [3.63, 3.8) is 0 Å². The van der Waals surface area contributed by atoms with Gasteiger partial charge in [0.1, 0.15) is 0 Å². The summed E-state index contributed by atoms with van der Waals surface area (Å²) in [5.74, 6) is 0.381. The van der Waals surface area contributed by atoms with Crippen LogP contribution >= 0.6 is 0 Å². The van der Waals surface area contributed by atoms with E-state index in [-0.39, 0.29) is 18.7 Å². The quantitative estimate of drug-likeness (QED) is 0.642. The molecule has 0 aliphatic rings. The van der Waals surface area contributed by atoms with Crippen LogP contribution in [0.5, 0.6) is 0 Å². The number of carboxylic acids is 1. The number of aliphatic carboxylic acids is 1. The Morgan fingerprint density at radius 3 is 2.83 bits per heavy atom. The Bertz CT molecular complexity index is 621. The molecule has 0 saturated carbocycles. The Kier molecular flexibility index (Phi) is 6.34. The number of aryl methyl sites for hydroxylation is 1. The van der Waals surface area contributed by atoms with Gasteiger partial charge in [-0.3, -0.25) is 9.59 Å². The molecule has 2 rings (SSSR count). The Morgan fingerprint density at radius 1 is 1.22 bits per heavy atom. The highest BCUT2D eigenvalue weighted by atomic mass is 16.5. The van der Waals surface area contributed by atoms with Crippen molar-refractivity contribution in [1.29, 1.82) is 0 Å². The zero-order chi connectivity index (χ0) is 16.5. The lowest BCUT2D eigenvalue weighted by Gasteiger charge is -2.03. The molecule has 0 atom stereocenters. The largest absolute Gasteiger partial charge is 0.481 e. The monoisotopic (exact) mass is 321 g/mol. The summed E-state index contributed by atoms with van der Waals surface area (Å²) in [7, 11) is 0. The molecule has 0 spiro atoms. The van der Waals surface area contributed by atoms with Gasteiger partial charge < -0.3 is 19.4 Å². The van der Waals surface area contributed by atoms with Crippen LogP contribution in [0.4, 0.5) is 0 Å². The van der Waals surface area contributed by atoms with E-state index in [0.717, 1.165) is 12.8 Å². The number of hydrogen-bond acceptors (Lipinski definition) is 6. The normalized spacial score (nSPS) is 10.6. The van der Waals surface area contributed by atoms with E-state index in [1.54, 1.807) is 12.1 Å². The number of carboxylic acid groups (broad SMARTS) is 1. The highest BCUT2D eigenvalue weighted by molar-refractivity contribution is 5.75. The van der Waals surface area contributed by atoms with E-state index < -0.39 is 5.97 Å². The maximum absolute atomic E-state index is 11.7. The number of unbranched alkanes of at least 4 members (excludes halogenated alkanes) is 2. The number of aromatic nitrogens is 2. The van der Waals surface area contributed by atoms with Crippen molar-refractivity contribution in [2.24, 2.45) is 0 Å². The lowest BCUT2D eigenvalue weighted by Crippen LogP contribution is -2.24. The highest BCUT2D eigenvalue weighted by Crippen LogP contribution is 2.16. The van der Waals surface area contributed by atoms with Gasteiger partial charge in [0.05, 0.1) is 6.26 Å². The van der Waals surface area contributed by atoms with Crippen molar-refractivity contribution in [2.45, 2.75) is 38.5 Å². The lowest BCUT2D eigenvalue weighted by atomic mass is 10.2. The van der Waals surface area contributed by atoms with Gasteiger partial charge >= 0.3 is 5.97 Å². The fraction of sp³-hybridized carbons (Fsp3) is 0.467. The van der Waals surface area contributed by atoms with Gasteiger partial charge in [-0.05, 0) is 25.0 Å². The second-order valence-corrected chi connectivity index (χ2v) is 5.04. The number of amides is 1. The molecule has 2 heterocycles.